The van der Waals surface area contributed by atoms with Crippen LogP contribution < -0.4 is 0 Å². The topological polar surface area (TPSA) is 53.0 Å². The number of nitrogens with zero attached hydrogens (tertiary/aromatic N) is 2. The van der Waals surface area contributed by atoms with Gasteiger partial charge in [-0.05, 0) is 26.7 Å². The van der Waals surface area contributed by atoms with Gasteiger partial charge >= 0.3 is 0 Å². The Bertz CT molecular complexity index is 622. The Balaban J connectivity index is 1.74. The molecule has 2 fully saturated rings. The largest absolute Gasteiger partial charge is 0.507 e. The highest BCUT2D eigenvalue weighted by atomic mass is 19.1. The summed E-state index contributed by atoms with van der Waals surface area (Å²) in [5, 5.41) is 9.83. The molecule has 7 heteroatoms. The van der Waals surface area contributed by atoms with E-state index in [1.165, 1.54) is 0 Å². The van der Waals surface area contributed by atoms with Crippen molar-refractivity contribution in [2.75, 3.05) is 26.2 Å². The van der Waals surface area contributed by atoms with Crippen molar-refractivity contribution in [3.63, 3.8) is 0 Å². The lowest BCUT2D eigenvalue weighted by Crippen LogP contribution is -2.51. The van der Waals surface area contributed by atoms with Crippen molar-refractivity contribution in [2.45, 2.75) is 44.9 Å². The number of carbonyl (C=O) groups is 1. The number of hydrogen-bond donors (Lipinski definition) is 1. The molecule has 3 rings (SSSR count). The summed E-state index contributed by atoms with van der Waals surface area (Å²) in [6, 6.07) is 1.35. The molecule has 2 aliphatic heterocycles. The molecule has 0 radical (unpaired) electrons. The molecule has 0 aliphatic carbocycles. The van der Waals surface area contributed by atoms with Gasteiger partial charge < -0.3 is 14.7 Å². The Morgan fingerprint density at radius 3 is 2.60 bits per heavy atom. The summed E-state index contributed by atoms with van der Waals surface area (Å²) in [5.74, 6) is -3.16. The number of hydrogen-bond acceptors (Lipinski definition) is 4. The first kappa shape index (κ1) is 18.1. The van der Waals surface area contributed by atoms with Gasteiger partial charge in [-0.2, -0.15) is 0 Å². The predicted octanol–water partition coefficient (Wildman–Crippen LogP) is 2.38. The molecule has 1 N–H and O–H groups in total. The fraction of sp³-hybridized carbons (Fsp3) is 0.611. The zero-order valence-corrected chi connectivity index (χ0v) is 14.5. The Hall–Kier alpha value is -1.73. The standard InChI is InChI=1S/C18H24F2N2O3/c1-11-8-21(9-12(2)25-11)10-14-4-3-5-22(14)18(24)17-15(20)6-13(19)7-16(17)23/h6-7,11-12,14,23H,3-5,8-10H2,1-2H3/t11-,12-,14-/m1/s1. The summed E-state index contributed by atoms with van der Waals surface area (Å²) in [4.78, 5) is 16.6. The molecule has 1 aromatic carbocycles. The maximum absolute atomic E-state index is 14.0. The molecule has 0 aromatic heterocycles. The van der Waals surface area contributed by atoms with Crippen LogP contribution in [0.15, 0.2) is 12.1 Å². The van der Waals surface area contributed by atoms with Gasteiger partial charge in [-0.15, -0.1) is 0 Å². The molecule has 1 aromatic rings. The highest BCUT2D eigenvalue weighted by Crippen LogP contribution is 2.28. The van der Waals surface area contributed by atoms with E-state index in [0.717, 1.165) is 32.0 Å². The van der Waals surface area contributed by atoms with Crippen LogP contribution >= 0.6 is 0 Å². The molecule has 2 aliphatic rings. The van der Waals surface area contributed by atoms with E-state index in [0.29, 0.717) is 19.2 Å². The molecule has 1 amide bonds. The van der Waals surface area contributed by atoms with E-state index in [2.05, 4.69) is 4.90 Å². The van der Waals surface area contributed by atoms with Crippen LogP contribution in [0.25, 0.3) is 0 Å². The van der Waals surface area contributed by atoms with Crippen LogP contribution in [0.5, 0.6) is 5.75 Å². The lowest BCUT2D eigenvalue weighted by atomic mass is 10.1. The maximum atomic E-state index is 14.0. The van der Waals surface area contributed by atoms with Crippen LogP contribution in [-0.4, -0.2) is 65.2 Å². The monoisotopic (exact) mass is 354 g/mol. The number of phenolic OH excluding ortho intramolecular Hbond substituents is 1. The Morgan fingerprint density at radius 2 is 1.96 bits per heavy atom. The van der Waals surface area contributed by atoms with Crippen molar-refractivity contribution in [3.05, 3.63) is 29.3 Å². The Kier molecular flexibility index (Phi) is 5.24. The number of halogens is 2. The van der Waals surface area contributed by atoms with Gasteiger partial charge in [0, 0.05) is 44.4 Å². The zero-order valence-electron chi connectivity index (χ0n) is 14.5. The fourth-order valence-electron chi connectivity index (χ4n) is 3.94. The van der Waals surface area contributed by atoms with E-state index in [1.807, 2.05) is 13.8 Å². The number of morpholine rings is 1. The van der Waals surface area contributed by atoms with E-state index in [9.17, 15) is 18.7 Å². The molecule has 138 valence electrons. The second-order valence-corrected chi connectivity index (χ2v) is 7.05. The van der Waals surface area contributed by atoms with Gasteiger partial charge in [-0.1, -0.05) is 0 Å². The quantitative estimate of drug-likeness (QED) is 0.906. The summed E-state index contributed by atoms with van der Waals surface area (Å²) < 4.78 is 32.9. The summed E-state index contributed by atoms with van der Waals surface area (Å²) in [7, 11) is 0. The van der Waals surface area contributed by atoms with Gasteiger partial charge in [0.1, 0.15) is 22.9 Å². The van der Waals surface area contributed by atoms with Gasteiger partial charge in [-0.3, -0.25) is 9.69 Å². The van der Waals surface area contributed by atoms with Crippen LogP contribution in [0.2, 0.25) is 0 Å². The maximum Gasteiger partial charge on any atom is 0.260 e. The van der Waals surface area contributed by atoms with Crippen molar-refractivity contribution in [2.24, 2.45) is 0 Å². The average Bonchev–Trinajstić information content (AvgIpc) is 2.92. The predicted molar refractivity (Wildman–Crippen MR) is 88.5 cm³/mol. The average molecular weight is 354 g/mol. The molecule has 0 saturated carbocycles. The van der Waals surface area contributed by atoms with E-state index in [1.54, 1.807) is 4.90 Å². The van der Waals surface area contributed by atoms with Gasteiger partial charge in [0.25, 0.3) is 5.91 Å². The first-order chi connectivity index (χ1) is 11.8. The molecule has 2 saturated heterocycles. The number of phenols is 1. The number of carbonyl (C=O) groups excluding carboxylic acids is 1. The number of likely N-dealkylation sites (tertiary alicyclic amines) is 1. The molecule has 5 nitrogen and oxygen atoms in total. The van der Waals surface area contributed by atoms with E-state index in [-0.39, 0.29) is 18.2 Å². The Labute approximate surface area is 146 Å². The number of benzene rings is 1. The fourth-order valence-corrected chi connectivity index (χ4v) is 3.94. The van der Waals surface area contributed by atoms with E-state index in [4.69, 9.17) is 4.74 Å². The summed E-state index contributed by atoms with van der Waals surface area (Å²) in [5.41, 5.74) is -0.447. The van der Waals surface area contributed by atoms with Crippen molar-refractivity contribution in [3.8, 4) is 5.75 Å². The molecule has 25 heavy (non-hydrogen) atoms. The minimum absolute atomic E-state index is 0.0474. The molecule has 0 spiro atoms. The first-order valence-electron chi connectivity index (χ1n) is 8.72. The summed E-state index contributed by atoms with van der Waals surface area (Å²) in [6.45, 7) is 6.82. The van der Waals surface area contributed by atoms with Crippen molar-refractivity contribution in [1.29, 1.82) is 0 Å². The van der Waals surface area contributed by atoms with Crippen LogP contribution in [0, 0.1) is 11.6 Å². The molecule has 3 atom stereocenters. The normalized spacial score (nSPS) is 27.7. The highest BCUT2D eigenvalue weighted by Gasteiger charge is 2.35. The van der Waals surface area contributed by atoms with Gasteiger partial charge in [-0.25, -0.2) is 8.78 Å². The van der Waals surface area contributed by atoms with Gasteiger partial charge in [0.15, 0.2) is 0 Å². The zero-order chi connectivity index (χ0) is 18.1. The van der Waals surface area contributed by atoms with Crippen LogP contribution in [-0.2, 0) is 4.74 Å². The van der Waals surface area contributed by atoms with Gasteiger partial charge in [0.05, 0.1) is 12.2 Å². The molecule has 0 unspecified atom stereocenters. The molecule has 2 heterocycles. The SMILES string of the molecule is C[C@@H]1CN(C[C@H]2CCCN2C(=O)c2c(O)cc(F)cc2F)C[C@@H](C)O1. The second kappa shape index (κ2) is 7.25. The minimum Gasteiger partial charge on any atom is -0.507 e. The third-order valence-corrected chi connectivity index (χ3v) is 4.85. The van der Waals surface area contributed by atoms with Crippen LogP contribution in [0.1, 0.15) is 37.0 Å². The van der Waals surface area contributed by atoms with Crippen LogP contribution in [0.3, 0.4) is 0 Å². The Morgan fingerprint density at radius 1 is 1.28 bits per heavy atom. The van der Waals surface area contributed by atoms with Crippen molar-refractivity contribution < 1.29 is 23.4 Å². The van der Waals surface area contributed by atoms with E-state index < -0.39 is 28.9 Å². The lowest BCUT2D eigenvalue weighted by Gasteiger charge is -2.38. The molecular formula is C18H24F2N2O3. The number of amides is 1. The number of aromatic hydroxyl groups is 1. The third-order valence-electron chi connectivity index (χ3n) is 4.85. The second-order valence-electron chi connectivity index (χ2n) is 7.05. The summed E-state index contributed by atoms with van der Waals surface area (Å²) >= 11 is 0. The highest BCUT2D eigenvalue weighted by molar-refractivity contribution is 5.97. The smallest absolute Gasteiger partial charge is 0.260 e. The summed E-state index contributed by atoms with van der Waals surface area (Å²) in [6.07, 6.45) is 1.92. The van der Waals surface area contributed by atoms with Crippen LogP contribution in [0.4, 0.5) is 8.78 Å². The first-order valence-corrected chi connectivity index (χ1v) is 8.72. The van der Waals surface area contributed by atoms with Crippen molar-refractivity contribution in [1.82, 2.24) is 9.80 Å². The van der Waals surface area contributed by atoms with Gasteiger partial charge in [0.2, 0.25) is 0 Å². The van der Waals surface area contributed by atoms with Crippen molar-refractivity contribution >= 4 is 5.91 Å². The lowest BCUT2D eigenvalue weighted by molar-refractivity contribution is -0.0715. The molecule has 0 bridgehead atoms. The number of ether oxygens (including phenoxy) is 1. The third kappa shape index (κ3) is 3.93. The molecular weight excluding hydrogens is 330 g/mol. The minimum atomic E-state index is -1.03. The van der Waals surface area contributed by atoms with E-state index >= 15 is 0 Å². The number of rotatable bonds is 3.